The summed E-state index contributed by atoms with van der Waals surface area (Å²) in [5.41, 5.74) is -0.566. The van der Waals surface area contributed by atoms with Crippen LogP contribution < -0.4 is 9.62 Å². The van der Waals surface area contributed by atoms with Crippen molar-refractivity contribution in [1.82, 2.24) is 10.2 Å². The second-order valence-corrected chi connectivity index (χ2v) is 13.7. The van der Waals surface area contributed by atoms with Gasteiger partial charge in [0.25, 0.3) is 0 Å². The summed E-state index contributed by atoms with van der Waals surface area (Å²) >= 11 is 18.2. The largest absolute Gasteiger partial charge is 0.417 e. The molecule has 0 spiro atoms. The number of amides is 2. The molecular formula is C30H31Cl3F3N3O4S. The second-order valence-electron chi connectivity index (χ2n) is 10.5. The summed E-state index contributed by atoms with van der Waals surface area (Å²) in [5.74, 6) is -1.28. The summed E-state index contributed by atoms with van der Waals surface area (Å²) in [6, 6.07) is 14.8. The van der Waals surface area contributed by atoms with E-state index in [1.165, 1.54) is 11.0 Å². The molecule has 1 unspecified atom stereocenters. The zero-order chi connectivity index (χ0) is 32.8. The van der Waals surface area contributed by atoms with Crippen LogP contribution in [0.25, 0.3) is 0 Å². The van der Waals surface area contributed by atoms with Gasteiger partial charge in [0.05, 0.1) is 22.5 Å². The smallest absolute Gasteiger partial charge is 0.354 e. The number of anilines is 1. The number of carbonyl (C=O) groups is 2. The van der Waals surface area contributed by atoms with Crippen molar-refractivity contribution in [3.8, 4) is 0 Å². The highest BCUT2D eigenvalue weighted by atomic mass is 35.5. The first-order valence-electron chi connectivity index (χ1n) is 13.4. The lowest BCUT2D eigenvalue weighted by atomic mass is 10.0. The molecule has 14 heteroatoms. The summed E-state index contributed by atoms with van der Waals surface area (Å²) in [4.78, 5) is 28.9. The topological polar surface area (TPSA) is 86.8 Å². The predicted octanol–water partition coefficient (Wildman–Crippen LogP) is 6.84. The molecule has 7 nitrogen and oxygen atoms in total. The van der Waals surface area contributed by atoms with E-state index in [1.54, 1.807) is 42.5 Å². The normalized spacial score (nSPS) is 12.6. The summed E-state index contributed by atoms with van der Waals surface area (Å²) in [7, 11) is -4.30. The lowest BCUT2D eigenvalue weighted by Crippen LogP contribution is -2.53. The lowest BCUT2D eigenvalue weighted by Gasteiger charge is -2.34. The maximum atomic E-state index is 14.1. The van der Waals surface area contributed by atoms with Crippen molar-refractivity contribution in [1.29, 1.82) is 0 Å². The molecule has 0 fully saturated rings. The number of alkyl halides is 3. The Morgan fingerprint density at radius 3 is 2.16 bits per heavy atom. The van der Waals surface area contributed by atoms with Crippen LogP contribution in [0, 0.1) is 5.92 Å². The van der Waals surface area contributed by atoms with Crippen LogP contribution in [-0.2, 0) is 38.8 Å². The van der Waals surface area contributed by atoms with E-state index in [-0.39, 0.29) is 23.9 Å². The maximum Gasteiger partial charge on any atom is 0.417 e. The van der Waals surface area contributed by atoms with Crippen LogP contribution in [0.2, 0.25) is 15.1 Å². The number of benzene rings is 3. The molecule has 0 aliphatic carbocycles. The first-order valence-corrected chi connectivity index (χ1v) is 16.3. The fourth-order valence-corrected chi connectivity index (χ4v) is 5.84. The fraction of sp³-hybridized carbons (Fsp3) is 0.333. The molecule has 1 N–H and O–H groups in total. The summed E-state index contributed by atoms with van der Waals surface area (Å²) in [6.07, 6.45) is -4.06. The van der Waals surface area contributed by atoms with Crippen molar-refractivity contribution < 1.29 is 31.2 Å². The van der Waals surface area contributed by atoms with E-state index in [2.05, 4.69) is 5.32 Å². The first kappa shape index (κ1) is 35.5. The van der Waals surface area contributed by atoms with Crippen LogP contribution in [0.3, 0.4) is 0 Å². The van der Waals surface area contributed by atoms with Gasteiger partial charge in [-0.2, -0.15) is 13.2 Å². The quantitative estimate of drug-likeness (QED) is 0.225. The highest BCUT2D eigenvalue weighted by Crippen LogP contribution is 2.37. The Balaban J connectivity index is 2.12. The van der Waals surface area contributed by atoms with Gasteiger partial charge in [-0.25, -0.2) is 8.42 Å². The molecule has 238 valence electrons. The minimum absolute atomic E-state index is 0.0553. The van der Waals surface area contributed by atoms with Gasteiger partial charge in [0.2, 0.25) is 21.8 Å². The molecule has 3 rings (SSSR count). The van der Waals surface area contributed by atoms with Gasteiger partial charge in [-0.3, -0.25) is 13.9 Å². The molecule has 2 amide bonds. The van der Waals surface area contributed by atoms with Crippen molar-refractivity contribution in [2.24, 2.45) is 5.92 Å². The van der Waals surface area contributed by atoms with Crippen LogP contribution in [0.4, 0.5) is 18.9 Å². The van der Waals surface area contributed by atoms with Gasteiger partial charge in [-0.15, -0.1) is 0 Å². The van der Waals surface area contributed by atoms with E-state index < -0.39 is 56.9 Å². The van der Waals surface area contributed by atoms with Crippen molar-refractivity contribution >= 4 is 62.3 Å². The predicted molar refractivity (Wildman–Crippen MR) is 167 cm³/mol. The van der Waals surface area contributed by atoms with Crippen LogP contribution >= 0.6 is 34.8 Å². The minimum atomic E-state index is -4.88. The monoisotopic (exact) mass is 691 g/mol. The SMILES string of the molecule is CC(C)CNC(=O)C(Cc1ccccc1)N(Cc1ccc(Cl)cc1Cl)C(=O)CN(c1ccc(Cl)c(C(F)(F)F)c1)S(C)(=O)=O. The van der Waals surface area contributed by atoms with E-state index in [1.807, 2.05) is 13.8 Å². The van der Waals surface area contributed by atoms with Crippen LogP contribution in [0.5, 0.6) is 0 Å². The van der Waals surface area contributed by atoms with Crippen molar-refractivity contribution in [3.05, 3.63) is 98.5 Å². The number of nitrogens with zero attached hydrogens (tertiary/aromatic N) is 2. The zero-order valence-electron chi connectivity index (χ0n) is 24.0. The Kier molecular flexibility index (Phi) is 12.0. The van der Waals surface area contributed by atoms with Gasteiger partial charge in [-0.1, -0.05) is 85.0 Å². The molecule has 0 heterocycles. The molecule has 0 aromatic heterocycles. The number of sulfonamides is 1. The molecule has 44 heavy (non-hydrogen) atoms. The molecule has 1 atom stereocenters. The van der Waals surface area contributed by atoms with Gasteiger partial charge in [0, 0.05) is 29.6 Å². The minimum Gasteiger partial charge on any atom is -0.354 e. The molecule has 0 saturated carbocycles. The Hall–Kier alpha value is -2.99. The van der Waals surface area contributed by atoms with E-state index in [9.17, 15) is 31.2 Å². The molecule has 3 aromatic rings. The molecule has 0 bridgehead atoms. The number of carbonyl (C=O) groups excluding carboxylic acids is 2. The average molecular weight is 693 g/mol. The number of hydrogen-bond donors (Lipinski definition) is 1. The number of hydrogen-bond acceptors (Lipinski definition) is 4. The number of halogens is 6. The second kappa shape index (κ2) is 14.9. The van der Waals surface area contributed by atoms with E-state index in [4.69, 9.17) is 34.8 Å². The van der Waals surface area contributed by atoms with E-state index in [0.717, 1.165) is 18.4 Å². The van der Waals surface area contributed by atoms with Crippen molar-refractivity contribution in [3.63, 3.8) is 0 Å². The number of nitrogens with one attached hydrogen (secondary N) is 1. The Morgan fingerprint density at radius 1 is 0.932 bits per heavy atom. The first-order chi connectivity index (χ1) is 20.5. The van der Waals surface area contributed by atoms with E-state index in [0.29, 0.717) is 33.1 Å². The zero-order valence-corrected chi connectivity index (χ0v) is 27.1. The summed E-state index contributed by atoms with van der Waals surface area (Å²) < 4.78 is 67.2. The maximum absolute atomic E-state index is 14.1. The van der Waals surface area contributed by atoms with Gasteiger partial charge in [0.15, 0.2) is 0 Å². The summed E-state index contributed by atoms with van der Waals surface area (Å²) in [6.45, 7) is 2.95. The van der Waals surface area contributed by atoms with Gasteiger partial charge < -0.3 is 10.2 Å². The lowest BCUT2D eigenvalue weighted by molar-refractivity contribution is -0.140. The number of rotatable bonds is 12. The Morgan fingerprint density at radius 2 is 1.59 bits per heavy atom. The van der Waals surface area contributed by atoms with Gasteiger partial charge in [0.1, 0.15) is 12.6 Å². The third kappa shape index (κ3) is 9.76. The standard InChI is InChI=1S/C30H31Cl3F3N3O4S/c1-19(2)16-37-29(41)27(13-20-7-5-4-6-8-20)38(17-21-9-10-22(31)14-26(21)33)28(40)18-39(44(3,42)43)23-11-12-25(32)24(15-23)30(34,35)36/h4-12,14-15,19,27H,13,16-18H2,1-3H3,(H,37,41). The highest BCUT2D eigenvalue weighted by molar-refractivity contribution is 7.92. The third-order valence-electron chi connectivity index (χ3n) is 6.53. The molecule has 3 aromatic carbocycles. The van der Waals surface area contributed by atoms with Gasteiger partial charge in [-0.05, 0) is 47.4 Å². The van der Waals surface area contributed by atoms with Crippen molar-refractivity contribution in [2.45, 2.75) is 39.0 Å². The van der Waals surface area contributed by atoms with Crippen LogP contribution in [0.15, 0.2) is 66.7 Å². The fourth-order valence-electron chi connectivity index (χ4n) is 4.31. The molecule has 0 aliphatic heterocycles. The highest BCUT2D eigenvalue weighted by Gasteiger charge is 2.36. The average Bonchev–Trinajstić information content (AvgIpc) is 2.93. The van der Waals surface area contributed by atoms with Crippen LogP contribution in [0.1, 0.15) is 30.5 Å². The molecule has 0 aliphatic rings. The third-order valence-corrected chi connectivity index (χ3v) is 8.59. The van der Waals surface area contributed by atoms with Crippen LogP contribution in [-0.4, -0.2) is 50.5 Å². The Labute approximate surface area is 269 Å². The summed E-state index contributed by atoms with van der Waals surface area (Å²) in [5, 5.41) is 2.73. The van der Waals surface area contributed by atoms with Gasteiger partial charge >= 0.3 is 6.18 Å². The molecular weight excluding hydrogens is 662 g/mol. The van der Waals surface area contributed by atoms with E-state index >= 15 is 0 Å². The molecule has 0 radical (unpaired) electrons. The van der Waals surface area contributed by atoms with Crippen molar-refractivity contribution in [2.75, 3.05) is 23.7 Å². The Bertz CT molecular complexity index is 1590. The molecule has 0 saturated heterocycles.